The zero-order valence-corrected chi connectivity index (χ0v) is 11.4. The van der Waals surface area contributed by atoms with Gasteiger partial charge in [-0.3, -0.25) is 0 Å². The van der Waals surface area contributed by atoms with Gasteiger partial charge in [0.1, 0.15) is 5.75 Å². The largest absolute Gasteiger partial charge is 0.497 e. The van der Waals surface area contributed by atoms with Crippen molar-refractivity contribution < 1.29 is 14.2 Å². The molecular formula is C14H21NO3. The lowest BCUT2D eigenvalue weighted by atomic mass is 10.1. The van der Waals surface area contributed by atoms with Gasteiger partial charge in [0, 0.05) is 5.69 Å². The van der Waals surface area contributed by atoms with Crippen LogP contribution in [0.3, 0.4) is 0 Å². The lowest BCUT2D eigenvalue weighted by molar-refractivity contribution is -0.247. The summed E-state index contributed by atoms with van der Waals surface area (Å²) in [6.07, 6.45) is 0. The van der Waals surface area contributed by atoms with E-state index >= 15 is 0 Å². The molecular weight excluding hydrogens is 230 g/mol. The molecule has 0 radical (unpaired) electrons. The Hall–Kier alpha value is -1.26. The van der Waals surface area contributed by atoms with Crippen molar-refractivity contribution in [3.63, 3.8) is 0 Å². The molecule has 18 heavy (non-hydrogen) atoms. The first-order chi connectivity index (χ1) is 8.50. The smallest absolute Gasteiger partial charge is 0.162 e. The number of hydrogen-bond acceptors (Lipinski definition) is 4. The van der Waals surface area contributed by atoms with E-state index in [2.05, 4.69) is 12.2 Å². The average molecular weight is 251 g/mol. The molecule has 0 amide bonds. The quantitative estimate of drug-likeness (QED) is 0.896. The van der Waals surface area contributed by atoms with Crippen LogP contribution in [0.15, 0.2) is 18.2 Å². The lowest BCUT2D eigenvalue weighted by Crippen LogP contribution is -2.45. The van der Waals surface area contributed by atoms with Crippen LogP contribution in [0.4, 0.5) is 5.69 Å². The summed E-state index contributed by atoms with van der Waals surface area (Å²) >= 11 is 0. The van der Waals surface area contributed by atoms with Crippen molar-refractivity contribution in [1.82, 2.24) is 0 Å². The van der Waals surface area contributed by atoms with Crippen LogP contribution in [0.25, 0.3) is 0 Å². The zero-order valence-electron chi connectivity index (χ0n) is 11.4. The van der Waals surface area contributed by atoms with E-state index in [1.807, 2.05) is 32.0 Å². The third-order valence-corrected chi connectivity index (χ3v) is 3.06. The van der Waals surface area contributed by atoms with E-state index < -0.39 is 5.79 Å². The molecule has 0 saturated carbocycles. The predicted molar refractivity (Wildman–Crippen MR) is 71.1 cm³/mol. The third-order valence-electron chi connectivity index (χ3n) is 3.06. The topological polar surface area (TPSA) is 39.7 Å². The maximum Gasteiger partial charge on any atom is 0.162 e. The maximum atomic E-state index is 5.63. The molecule has 1 fully saturated rings. The van der Waals surface area contributed by atoms with Crippen molar-refractivity contribution in [2.45, 2.75) is 32.6 Å². The molecule has 0 spiro atoms. The van der Waals surface area contributed by atoms with Crippen molar-refractivity contribution in [2.75, 3.05) is 25.6 Å². The standard InChI is InChI=1S/C14H21NO3/c1-10-7-12(16-4)5-6-13(10)15-11-8-17-14(2,3)18-9-11/h5-7,11,15H,8-9H2,1-4H3. The fourth-order valence-corrected chi connectivity index (χ4v) is 1.92. The number of rotatable bonds is 3. The van der Waals surface area contributed by atoms with Gasteiger partial charge in [0.15, 0.2) is 5.79 Å². The molecule has 1 heterocycles. The molecule has 0 bridgehead atoms. The minimum absolute atomic E-state index is 0.185. The third kappa shape index (κ3) is 3.15. The summed E-state index contributed by atoms with van der Waals surface area (Å²) < 4.78 is 16.4. The molecule has 4 heteroatoms. The highest BCUT2D eigenvalue weighted by molar-refractivity contribution is 5.54. The Bertz CT molecular complexity index is 408. The highest BCUT2D eigenvalue weighted by atomic mass is 16.7. The van der Waals surface area contributed by atoms with Crippen molar-refractivity contribution in [3.05, 3.63) is 23.8 Å². The second-order valence-corrected chi connectivity index (χ2v) is 5.04. The van der Waals surface area contributed by atoms with Gasteiger partial charge in [0.2, 0.25) is 0 Å². The maximum absolute atomic E-state index is 5.63. The first-order valence-electron chi connectivity index (χ1n) is 6.19. The molecule has 0 aliphatic carbocycles. The van der Waals surface area contributed by atoms with Crippen molar-refractivity contribution >= 4 is 5.69 Å². The van der Waals surface area contributed by atoms with Crippen LogP contribution in [0, 0.1) is 6.92 Å². The van der Waals surface area contributed by atoms with E-state index in [9.17, 15) is 0 Å². The Balaban J connectivity index is 1.98. The van der Waals surface area contributed by atoms with Crippen LogP contribution in [-0.2, 0) is 9.47 Å². The molecule has 1 aliphatic rings. The molecule has 1 aromatic carbocycles. The van der Waals surface area contributed by atoms with Crippen LogP contribution in [0.5, 0.6) is 5.75 Å². The molecule has 100 valence electrons. The minimum atomic E-state index is -0.465. The van der Waals surface area contributed by atoms with Crippen molar-refractivity contribution in [3.8, 4) is 5.75 Å². The zero-order chi connectivity index (χ0) is 13.2. The van der Waals surface area contributed by atoms with Crippen LogP contribution >= 0.6 is 0 Å². The van der Waals surface area contributed by atoms with Gasteiger partial charge in [-0.05, 0) is 44.5 Å². The molecule has 2 rings (SSSR count). The number of ether oxygens (including phenoxy) is 3. The molecule has 0 unspecified atom stereocenters. The van der Waals surface area contributed by atoms with E-state index in [0.29, 0.717) is 13.2 Å². The Labute approximate surface area is 108 Å². The fraction of sp³-hybridized carbons (Fsp3) is 0.571. The number of benzene rings is 1. The first-order valence-corrected chi connectivity index (χ1v) is 6.19. The highest BCUT2D eigenvalue weighted by Gasteiger charge is 2.28. The van der Waals surface area contributed by atoms with Crippen molar-refractivity contribution in [2.24, 2.45) is 0 Å². The molecule has 1 saturated heterocycles. The molecule has 0 atom stereocenters. The van der Waals surface area contributed by atoms with E-state index in [4.69, 9.17) is 14.2 Å². The van der Waals surface area contributed by atoms with Gasteiger partial charge in [0.05, 0.1) is 26.4 Å². The summed E-state index contributed by atoms with van der Waals surface area (Å²) in [6.45, 7) is 7.22. The van der Waals surface area contributed by atoms with Crippen LogP contribution in [0.2, 0.25) is 0 Å². The molecule has 0 aromatic heterocycles. The van der Waals surface area contributed by atoms with Crippen LogP contribution in [-0.4, -0.2) is 32.2 Å². The summed E-state index contributed by atoms with van der Waals surface area (Å²) in [5.74, 6) is 0.406. The predicted octanol–water partition coefficient (Wildman–Crippen LogP) is 2.57. The normalized spacial score (nSPS) is 19.6. The number of nitrogens with one attached hydrogen (secondary N) is 1. The molecule has 1 N–H and O–H groups in total. The number of anilines is 1. The average Bonchev–Trinajstić information content (AvgIpc) is 2.34. The summed E-state index contributed by atoms with van der Waals surface area (Å²) in [6, 6.07) is 6.17. The first kappa shape index (κ1) is 13.2. The van der Waals surface area contributed by atoms with Gasteiger partial charge < -0.3 is 19.5 Å². The summed E-state index contributed by atoms with van der Waals surface area (Å²) in [4.78, 5) is 0. The molecule has 1 aromatic rings. The monoisotopic (exact) mass is 251 g/mol. The number of methoxy groups -OCH3 is 1. The van der Waals surface area contributed by atoms with Crippen LogP contribution < -0.4 is 10.1 Å². The SMILES string of the molecule is COc1ccc(NC2COC(C)(C)OC2)c(C)c1. The Kier molecular flexibility index (Phi) is 3.78. The second kappa shape index (κ2) is 5.16. The van der Waals surface area contributed by atoms with Crippen molar-refractivity contribution in [1.29, 1.82) is 0 Å². The van der Waals surface area contributed by atoms with Gasteiger partial charge in [0.25, 0.3) is 0 Å². The summed E-state index contributed by atoms with van der Waals surface area (Å²) in [5, 5.41) is 3.43. The summed E-state index contributed by atoms with van der Waals surface area (Å²) in [5.41, 5.74) is 2.24. The summed E-state index contributed by atoms with van der Waals surface area (Å²) in [7, 11) is 1.67. The highest BCUT2D eigenvalue weighted by Crippen LogP contribution is 2.24. The molecule has 1 aliphatic heterocycles. The molecule has 4 nitrogen and oxygen atoms in total. The lowest BCUT2D eigenvalue weighted by Gasteiger charge is -2.35. The van der Waals surface area contributed by atoms with Gasteiger partial charge in [-0.25, -0.2) is 0 Å². The van der Waals surface area contributed by atoms with Gasteiger partial charge >= 0.3 is 0 Å². The van der Waals surface area contributed by atoms with E-state index in [1.54, 1.807) is 7.11 Å². The van der Waals surface area contributed by atoms with E-state index in [-0.39, 0.29) is 6.04 Å². The Morgan fingerprint density at radius 2 is 1.94 bits per heavy atom. The van der Waals surface area contributed by atoms with Gasteiger partial charge in [-0.1, -0.05) is 0 Å². The van der Waals surface area contributed by atoms with E-state index in [0.717, 1.165) is 17.0 Å². The fourth-order valence-electron chi connectivity index (χ4n) is 1.92. The van der Waals surface area contributed by atoms with Crippen LogP contribution in [0.1, 0.15) is 19.4 Å². The van der Waals surface area contributed by atoms with E-state index in [1.165, 1.54) is 0 Å². The Morgan fingerprint density at radius 3 is 2.50 bits per heavy atom. The van der Waals surface area contributed by atoms with Gasteiger partial charge in [-0.2, -0.15) is 0 Å². The minimum Gasteiger partial charge on any atom is -0.497 e. The number of aryl methyl sites for hydroxylation is 1. The Morgan fingerprint density at radius 1 is 1.28 bits per heavy atom. The van der Waals surface area contributed by atoms with Gasteiger partial charge in [-0.15, -0.1) is 0 Å². The second-order valence-electron chi connectivity index (χ2n) is 5.04. The number of hydrogen-bond donors (Lipinski definition) is 1.